The summed E-state index contributed by atoms with van der Waals surface area (Å²) in [4.78, 5) is 26.1. The fraction of sp³-hybridized carbons (Fsp3) is 0.579. The molecule has 0 saturated heterocycles. The summed E-state index contributed by atoms with van der Waals surface area (Å²) in [6.45, 7) is 0.233. The molecule has 0 unspecified atom stereocenters. The zero-order valence-electron chi connectivity index (χ0n) is 14.4. The number of hydrogen-bond acceptors (Lipinski definition) is 3. The Hall–Kier alpha value is -1.88. The highest BCUT2D eigenvalue weighted by molar-refractivity contribution is 5.95. The smallest absolute Gasteiger partial charge is 0.321 e. The number of amides is 3. The van der Waals surface area contributed by atoms with E-state index in [1.807, 2.05) is 7.05 Å². The van der Waals surface area contributed by atoms with Gasteiger partial charge in [-0.15, -0.1) is 0 Å². The van der Waals surface area contributed by atoms with E-state index in [-0.39, 0.29) is 30.6 Å². The average Bonchev–Trinajstić information content (AvgIpc) is 3.06. The molecular weight excluding hydrogens is 302 g/mol. The van der Waals surface area contributed by atoms with Crippen LogP contribution >= 0.6 is 0 Å². The topological polar surface area (TPSA) is 61.4 Å². The Morgan fingerprint density at radius 1 is 1.12 bits per heavy atom. The van der Waals surface area contributed by atoms with Crippen molar-refractivity contribution in [2.45, 2.75) is 57.0 Å². The van der Waals surface area contributed by atoms with Crippen molar-refractivity contribution >= 4 is 11.9 Å². The maximum Gasteiger partial charge on any atom is 0.321 e. The van der Waals surface area contributed by atoms with Crippen molar-refractivity contribution in [1.82, 2.24) is 15.5 Å². The van der Waals surface area contributed by atoms with Gasteiger partial charge in [0, 0.05) is 12.1 Å². The third-order valence-corrected chi connectivity index (χ3v) is 5.21. The van der Waals surface area contributed by atoms with Crippen molar-refractivity contribution in [2.24, 2.45) is 0 Å². The first-order valence-corrected chi connectivity index (χ1v) is 9.02. The Balaban J connectivity index is 1.52. The number of urea groups is 1. The lowest BCUT2D eigenvalue weighted by Gasteiger charge is -2.32. The summed E-state index contributed by atoms with van der Waals surface area (Å²) in [5.41, 5.74) is 2.69. The second-order valence-electron chi connectivity index (χ2n) is 7.02. The van der Waals surface area contributed by atoms with Crippen LogP contribution < -0.4 is 10.6 Å². The summed E-state index contributed by atoms with van der Waals surface area (Å²) in [7, 11) is 1.96. The summed E-state index contributed by atoms with van der Waals surface area (Å²) >= 11 is 0. The quantitative estimate of drug-likeness (QED) is 0.893. The maximum atomic E-state index is 12.2. The molecule has 0 aromatic heterocycles. The molecule has 0 radical (unpaired) electrons. The number of rotatable bonds is 4. The summed E-state index contributed by atoms with van der Waals surface area (Å²) in [6.07, 6.45) is 7.63. The van der Waals surface area contributed by atoms with Crippen LogP contribution in [0.15, 0.2) is 24.3 Å². The molecule has 5 nitrogen and oxygen atoms in total. The van der Waals surface area contributed by atoms with Gasteiger partial charge in [-0.3, -0.25) is 15.0 Å². The number of nitrogens with one attached hydrogen (secondary N) is 2. The number of aryl methyl sites for hydroxylation is 1. The van der Waals surface area contributed by atoms with Crippen LogP contribution in [0.3, 0.4) is 0 Å². The van der Waals surface area contributed by atoms with Crippen LogP contribution in [-0.2, 0) is 11.2 Å². The normalized spacial score (nSPS) is 20.7. The standard InChI is InChI=1S/C19H27N3O2/c1-22(17-12-6-8-14-7-2-5-11-16(14)17)13-18(23)21-19(24)20-15-9-3-4-10-15/h2,5,7,11,15,17H,3-4,6,8-10,12-13H2,1H3,(H2,20,21,23,24)/t17-/m1/s1. The van der Waals surface area contributed by atoms with Gasteiger partial charge in [-0.05, 0) is 50.3 Å². The Labute approximate surface area is 143 Å². The number of carbonyl (C=O) groups excluding carboxylic acids is 2. The van der Waals surface area contributed by atoms with Crippen molar-refractivity contribution in [3.8, 4) is 0 Å². The highest BCUT2D eigenvalue weighted by Crippen LogP contribution is 2.33. The lowest BCUT2D eigenvalue weighted by Crippen LogP contribution is -2.47. The van der Waals surface area contributed by atoms with E-state index in [0.29, 0.717) is 0 Å². The number of fused-ring (bicyclic) bond motifs is 1. The molecule has 1 aromatic rings. The minimum Gasteiger partial charge on any atom is -0.335 e. The van der Waals surface area contributed by atoms with Gasteiger partial charge in [0.1, 0.15) is 0 Å². The van der Waals surface area contributed by atoms with E-state index in [0.717, 1.165) is 44.9 Å². The number of likely N-dealkylation sites (N-methyl/N-ethyl adjacent to an activating group) is 1. The second kappa shape index (κ2) is 7.79. The van der Waals surface area contributed by atoms with Gasteiger partial charge in [0.25, 0.3) is 0 Å². The molecule has 5 heteroatoms. The molecule has 2 aliphatic rings. The van der Waals surface area contributed by atoms with Gasteiger partial charge in [-0.25, -0.2) is 4.79 Å². The SMILES string of the molecule is CN(CC(=O)NC(=O)NC1CCCC1)[C@@H]1CCCc2ccccc21. The van der Waals surface area contributed by atoms with Gasteiger partial charge >= 0.3 is 6.03 Å². The van der Waals surface area contributed by atoms with Crippen LogP contribution in [-0.4, -0.2) is 36.5 Å². The third kappa shape index (κ3) is 4.15. The summed E-state index contributed by atoms with van der Waals surface area (Å²) in [5, 5.41) is 5.36. The van der Waals surface area contributed by atoms with E-state index in [1.165, 1.54) is 11.1 Å². The number of hydrogen-bond donors (Lipinski definition) is 2. The molecule has 0 spiro atoms. The minimum absolute atomic E-state index is 0.223. The number of carbonyl (C=O) groups is 2. The molecule has 2 N–H and O–H groups in total. The van der Waals surface area contributed by atoms with Gasteiger partial charge in [0.2, 0.25) is 5.91 Å². The van der Waals surface area contributed by atoms with E-state index in [4.69, 9.17) is 0 Å². The Bertz CT molecular complexity index is 596. The molecular formula is C19H27N3O2. The van der Waals surface area contributed by atoms with E-state index < -0.39 is 0 Å². The zero-order chi connectivity index (χ0) is 16.9. The summed E-state index contributed by atoms with van der Waals surface area (Å²) < 4.78 is 0. The predicted octanol–water partition coefficient (Wildman–Crippen LogP) is 2.76. The highest BCUT2D eigenvalue weighted by atomic mass is 16.2. The van der Waals surface area contributed by atoms with E-state index in [9.17, 15) is 9.59 Å². The van der Waals surface area contributed by atoms with Gasteiger partial charge in [0.15, 0.2) is 0 Å². The molecule has 130 valence electrons. The minimum atomic E-state index is -0.357. The molecule has 1 fully saturated rings. The van der Waals surface area contributed by atoms with Gasteiger partial charge in [-0.2, -0.15) is 0 Å². The Morgan fingerprint density at radius 3 is 2.67 bits per heavy atom. The Kier molecular flexibility index (Phi) is 5.51. The van der Waals surface area contributed by atoms with Crippen LogP contribution in [0.5, 0.6) is 0 Å². The molecule has 24 heavy (non-hydrogen) atoms. The first-order valence-electron chi connectivity index (χ1n) is 9.02. The van der Waals surface area contributed by atoms with Crippen LogP contribution in [0.4, 0.5) is 4.79 Å². The highest BCUT2D eigenvalue weighted by Gasteiger charge is 2.25. The fourth-order valence-corrected chi connectivity index (χ4v) is 3.98. The summed E-state index contributed by atoms with van der Waals surface area (Å²) in [6, 6.07) is 8.57. The monoisotopic (exact) mass is 329 g/mol. The van der Waals surface area contributed by atoms with Crippen LogP contribution in [0.1, 0.15) is 55.7 Å². The van der Waals surface area contributed by atoms with Crippen molar-refractivity contribution in [2.75, 3.05) is 13.6 Å². The van der Waals surface area contributed by atoms with E-state index in [2.05, 4.69) is 39.8 Å². The first-order chi connectivity index (χ1) is 11.6. The van der Waals surface area contributed by atoms with Gasteiger partial charge < -0.3 is 5.32 Å². The molecule has 3 rings (SSSR count). The average molecular weight is 329 g/mol. The van der Waals surface area contributed by atoms with Crippen LogP contribution in [0.2, 0.25) is 0 Å². The molecule has 1 saturated carbocycles. The van der Waals surface area contributed by atoms with Crippen LogP contribution in [0, 0.1) is 0 Å². The molecule has 0 aliphatic heterocycles. The number of imide groups is 1. The van der Waals surface area contributed by atoms with Crippen molar-refractivity contribution in [1.29, 1.82) is 0 Å². The first kappa shape index (κ1) is 17.0. The van der Waals surface area contributed by atoms with E-state index >= 15 is 0 Å². The van der Waals surface area contributed by atoms with Gasteiger partial charge in [-0.1, -0.05) is 37.1 Å². The van der Waals surface area contributed by atoms with Crippen molar-refractivity contribution < 1.29 is 9.59 Å². The third-order valence-electron chi connectivity index (χ3n) is 5.21. The zero-order valence-corrected chi connectivity index (χ0v) is 14.4. The van der Waals surface area contributed by atoms with E-state index in [1.54, 1.807) is 0 Å². The molecule has 1 aromatic carbocycles. The molecule has 0 heterocycles. The Morgan fingerprint density at radius 2 is 1.88 bits per heavy atom. The largest absolute Gasteiger partial charge is 0.335 e. The molecule has 2 aliphatic carbocycles. The van der Waals surface area contributed by atoms with Crippen molar-refractivity contribution in [3.05, 3.63) is 35.4 Å². The number of nitrogens with zero attached hydrogens (tertiary/aromatic N) is 1. The molecule has 3 amide bonds. The second-order valence-corrected chi connectivity index (χ2v) is 7.02. The molecule has 0 bridgehead atoms. The number of benzene rings is 1. The summed E-state index contributed by atoms with van der Waals surface area (Å²) in [5.74, 6) is -0.240. The lowest BCUT2D eigenvalue weighted by atomic mass is 9.87. The van der Waals surface area contributed by atoms with Crippen LogP contribution in [0.25, 0.3) is 0 Å². The maximum absolute atomic E-state index is 12.2. The molecule has 1 atom stereocenters. The fourth-order valence-electron chi connectivity index (χ4n) is 3.98. The van der Waals surface area contributed by atoms with Gasteiger partial charge in [0.05, 0.1) is 6.54 Å². The predicted molar refractivity (Wildman–Crippen MR) is 93.7 cm³/mol. The lowest BCUT2D eigenvalue weighted by molar-refractivity contribution is -0.121. The van der Waals surface area contributed by atoms with Crippen molar-refractivity contribution in [3.63, 3.8) is 0 Å².